The first-order valence-electron chi connectivity index (χ1n) is 5.98. The molecule has 0 amide bonds. The molecule has 1 saturated heterocycles. The van der Waals surface area contributed by atoms with Gasteiger partial charge in [0.1, 0.15) is 5.82 Å². The summed E-state index contributed by atoms with van der Waals surface area (Å²) in [5, 5.41) is 4.94. The number of sulfonamides is 1. The van der Waals surface area contributed by atoms with Gasteiger partial charge in [0, 0.05) is 13.1 Å². The number of carbonyl (C=O) groups excluding carboxylic acids is 1. The van der Waals surface area contributed by atoms with Crippen LogP contribution in [0.3, 0.4) is 0 Å². The Morgan fingerprint density at radius 3 is 2.75 bits per heavy atom. The average Bonchev–Trinajstić information content (AvgIpc) is 2.86. The quantitative estimate of drug-likeness (QED) is 0.820. The van der Waals surface area contributed by atoms with Gasteiger partial charge in [-0.1, -0.05) is 0 Å². The van der Waals surface area contributed by atoms with Crippen LogP contribution in [0.1, 0.15) is 6.42 Å². The number of halogens is 1. The van der Waals surface area contributed by atoms with Crippen LogP contribution < -0.4 is 10.0 Å². The number of hydrogen-bond acceptors (Lipinski definition) is 5. The largest absolute Gasteiger partial charge is 0.469 e. The van der Waals surface area contributed by atoms with Crippen molar-refractivity contribution in [2.45, 2.75) is 11.3 Å². The van der Waals surface area contributed by atoms with Gasteiger partial charge in [-0.3, -0.25) is 4.79 Å². The molecule has 1 atom stereocenters. The fraction of sp³-hybridized carbons (Fsp3) is 0.417. The van der Waals surface area contributed by atoms with E-state index in [4.69, 9.17) is 5.14 Å². The second-order valence-electron chi connectivity index (χ2n) is 4.61. The van der Waals surface area contributed by atoms with Crippen LogP contribution in [-0.4, -0.2) is 34.6 Å². The summed E-state index contributed by atoms with van der Waals surface area (Å²) >= 11 is 0. The van der Waals surface area contributed by atoms with Gasteiger partial charge >= 0.3 is 5.97 Å². The summed E-state index contributed by atoms with van der Waals surface area (Å²) < 4.78 is 40.9. The maximum atomic E-state index is 14.0. The lowest BCUT2D eigenvalue weighted by Gasteiger charge is -2.19. The molecule has 1 aromatic rings. The van der Waals surface area contributed by atoms with Gasteiger partial charge in [0.05, 0.1) is 23.6 Å². The summed E-state index contributed by atoms with van der Waals surface area (Å²) in [6, 6.07) is 3.49. The van der Waals surface area contributed by atoms with Crippen LogP contribution in [0, 0.1) is 11.7 Å². The molecule has 0 saturated carbocycles. The number of hydrogen-bond donors (Lipinski definition) is 1. The molecule has 0 spiro atoms. The van der Waals surface area contributed by atoms with E-state index in [2.05, 4.69) is 4.74 Å². The van der Waals surface area contributed by atoms with Crippen molar-refractivity contribution in [2.24, 2.45) is 11.1 Å². The topological polar surface area (TPSA) is 89.7 Å². The van der Waals surface area contributed by atoms with Crippen molar-refractivity contribution < 1.29 is 22.3 Å². The van der Waals surface area contributed by atoms with Gasteiger partial charge in [-0.2, -0.15) is 0 Å². The molecule has 110 valence electrons. The minimum absolute atomic E-state index is 0.254. The van der Waals surface area contributed by atoms with E-state index in [9.17, 15) is 17.6 Å². The number of rotatable bonds is 3. The minimum atomic E-state index is -3.93. The zero-order valence-corrected chi connectivity index (χ0v) is 11.7. The van der Waals surface area contributed by atoms with Gasteiger partial charge in [0.2, 0.25) is 10.0 Å². The Morgan fingerprint density at radius 1 is 1.50 bits per heavy atom. The molecule has 2 N–H and O–H groups in total. The molecule has 1 aromatic carbocycles. The Bertz CT molecular complexity index is 632. The molecule has 6 nitrogen and oxygen atoms in total. The summed E-state index contributed by atoms with van der Waals surface area (Å²) in [5.74, 6) is -1.30. The lowest BCUT2D eigenvalue weighted by molar-refractivity contribution is -0.144. The fourth-order valence-electron chi connectivity index (χ4n) is 2.26. The number of ether oxygens (including phenoxy) is 1. The van der Waals surface area contributed by atoms with Crippen molar-refractivity contribution >= 4 is 21.7 Å². The summed E-state index contributed by atoms with van der Waals surface area (Å²) in [6.07, 6.45) is 0.572. The predicted molar refractivity (Wildman–Crippen MR) is 70.1 cm³/mol. The molecule has 1 aliphatic heterocycles. The minimum Gasteiger partial charge on any atom is -0.469 e. The third-order valence-electron chi connectivity index (χ3n) is 3.31. The SMILES string of the molecule is COC(=O)C1CCN(c2ccc(S(N)(=O)=O)cc2F)C1. The maximum absolute atomic E-state index is 14.0. The smallest absolute Gasteiger partial charge is 0.310 e. The molecule has 0 aromatic heterocycles. The number of esters is 1. The summed E-state index contributed by atoms with van der Waals surface area (Å²) in [5.41, 5.74) is 0.254. The lowest BCUT2D eigenvalue weighted by Crippen LogP contribution is -2.24. The molecular weight excluding hydrogens is 287 g/mol. The maximum Gasteiger partial charge on any atom is 0.310 e. The van der Waals surface area contributed by atoms with Crippen LogP contribution in [0.4, 0.5) is 10.1 Å². The third-order valence-corrected chi connectivity index (χ3v) is 4.22. The molecule has 0 aliphatic carbocycles. The van der Waals surface area contributed by atoms with Crippen LogP contribution >= 0.6 is 0 Å². The van der Waals surface area contributed by atoms with E-state index in [1.54, 1.807) is 4.90 Å². The lowest BCUT2D eigenvalue weighted by atomic mass is 10.1. The van der Waals surface area contributed by atoms with Gasteiger partial charge < -0.3 is 9.64 Å². The average molecular weight is 302 g/mol. The standard InChI is InChI=1S/C12H15FN2O4S/c1-19-12(16)8-4-5-15(7-8)11-3-2-9(6-10(11)13)20(14,17)18/h2-3,6,8H,4-5,7H2,1H3,(H2,14,17,18). The number of primary sulfonamides is 1. The molecule has 0 bridgehead atoms. The molecule has 1 unspecified atom stereocenters. The number of nitrogens with two attached hydrogens (primary N) is 1. The Hall–Kier alpha value is -1.67. The predicted octanol–water partition coefficient (Wildman–Crippen LogP) is 0.472. The fourth-order valence-corrected chi connectivity index (χ4v) is 2.78. The Morgan fingerprint density at radius 2 is 2.20 bits per heavy atom. The molecular formula is C12H15FN2O4S. The van der Waals surface area contributed by atoms with Gasteiger partial charge in [-0.15, -0.1) is 0 Å². The Balaban J connectivity index is 2.21. The van der Waals surface area contributed by atoms with E-state index in [1.165, 1.54) is 19.2 Å². The van der Waals surface area contributed by atoms with E-state index >= 15 is 0 Å². The number of methoxy groups -OCH3 is 1. The molecule has 0 radical (unpaired) electrons. The van der Waals surface area contributed by atoms with Gasteiger partial charge in [-0.25, -0.2) is 17.9 Å². The second-order valence-corrected chi connectivity index (χ2v) is 6.17. The first kappa shape index (κ1) is 14.7. The van der Waals surface area contributed by atoms with Gasteiger partial charge in [-0.05, 0) is 24.6 Å². The monoisotopic (exact) mass is 302 g/mol. The highest BCUT2D eigenvalue weighted by atomic mass is 32.2. The highest BCUT2D eigenvalue weighted by molar-refractivity contribution is 7.89. The van der Waals surface area contributed by atoms with Crippen molar-refractivity contribution in [1.29, 1.82) is 0 Å². The molecule has 2 rings (SSSR count). The van der Waals surface area contributed by atoms with Gasteiger partial charge in [0.15, 0.2) is 0 Å². The first-order chi connectivity index (χ1) is 9.32. The third kappa shape index (κ3) is 2.91. The van der Waals surface area contributed by atoms with Crippen LogP contribution in [0.5, 0.6) is 0 Å². The molecule has 1 aliphatic rings. The van der Waals surface area contributed by atoms with E-state index in [0.29, 0.717) is 19.5 Å². The molecule has 20 heavy (non-hydrogen) atoms. The molecule has 1 fully saturated rings. The van der Waals surface area contributed by atoms with E-state index in [0.717, 1.165) is 6.07 Å². The van der Waals surface area contributed by atoms with Gasteiger partial charge in [0.25, 0.3) is 0 Å². The summed E-state index contributed by atoms with van der Waals surface area (Å²) in [4.78, 5) is 12.8. The van der Waals surface area contributed by atoms with Crippen LogP contribution in [-0.2, 0) is 19.6 Å². The second kappa shape index (κ2) is 5.37. The van der Waals surface area contributed by atoms with Crippen LogP contribution in [0.2, 0.25) is 0 Å². The number of nitrogens with zero attached hydrogens (tertiary/aromatic N) is 1. The van der Waals surface area contributed by atoms with Crippen molar-refractivity contribution in [3.05, 3.63) is 24.0 Å². The van der Waals surface area contributed by atoms with Crippen molar-refractivity contribution in [3.63, 3.8) is 0 Å². The molecule has 8 heteroatoms. The molecule has 1 heterocycles. The van der Waals surface area contributed by atoms with E-state index in [1.807, 2.05) is 0 Å². The highest BCUT2D eigenvalue weighted by Gasteiger charge is 2.30. The number of benzene rings is 1. The van der Waals surface area contributed by atoms with Crippen molar-refractivity contribution in [1.82, 2.24) is 0 Å². The summed E-state index contributed by atoms with van der Waals surface area (Å²) in [6.45, 7) is 0.851. The Labute approximate surface area is 116 Å². The zero-order valence-electron chi connectivity index (χ0n) is 10.9. The number of anilines is 1. The number of carbonyl (C=O) groups is 1. The van der Waals surface area contributed by atoms with Crippen LogP contribution in [0.25, 0.3) is 0 Å². The normalized spacial score (nSPS) is 19.1. The first-order valence-corrected chi connectivity index (χ1v) is 7.52. The van der Waals surface area contributed by atoms with E-state index in [-0.39, 0.29) is 22.5 Å². The summed E-state index contributed by atoms with van der Waals surface area (Å²) in [7, 11) is -2.61. The van der Waals surface area contributed by atoms with E-state index < -0.39 is 15.8 Å². The zero-order chi connectivity index (χ0) is 14.9. The van der Waals surface area contributed by atoms with Crippen molar-refractivity contribution in [3.8, 4) is 0 Å². The highest BCUT2D eigenvalue weighted by Crippen LogP contribution is 2.28. The van der Waals surface area contributed by atoms with Crippen LogP contribution in [0.15, 0.2) is 23.1 Å². The van der Waals surface area contributed by atoms with Crippen molar-refractivity contribution in [2.75, 3.05) is 25.1 Å². The Kier molecular flexibility index (Phi) is 3.96.